The first-order valence-electron chi connectivity index (χ1n) is 10.1. The summed E-state index contributed by atoms with van der Waals surface area (Å²) in [4.78, 5) is 39.7. The number of benzene rings is 1. The first kappa shape index (κ1) is 21.0. The van der Waals surface area contributed by atoms with Crippen LogP contribution in [-0.4, -0.2) is 54.7 Å². The van der Waals surface area contributed by atoms with Gasteiger partial charge >= 0.3 is 6.36 Å². The number of rotatable bonds is 5. The number of nitrogen functional groups attached to an aromatic ring is 1. The minimum atomic E-state index is -4.84. The minimum absolute atomic E-state index is 0.0392. The summed E-state index contributed by atoms with van der Waals surface area (Å²) in [5.74, 6) is -0.783. The first-order chi connectivity index (χ1) is 15.7. The largest absolute Gasteiger partial charge is 0.573 e. The highest BCUT2D eigenvalue weighted by Crippen LogP contribution is 2.48. The van der Waals surface area contributed by atoms with Crippen LogP contribution >= 0.6 is 0 Å². The van der Waals surface area contributed by atoms with E-state index in [9.17, 15) is 22.8 Å². The van der Waals surface area contributed by atoms with Crippen molar-refractivity contribution in [3.8, 4) is 5.75 Å². The van der Waals surface area contributed by atoms with Gasteiger partial charge in [0.05, 0.1) is 6.33 Å². The Hall–Kier alpha value is -3.90. The summed E-state index contributed by atoms with van der Waals surface area (Å²) in [5.41, 5.74) is 6.71. The van der Waals surface area contributed by atoms with Crippen molar-refractivity contribution in [2.45, 2.75) is 37.8 Å². The molecule has 33 heavy (non-hydrogen) atoms. The average molecular weight is 461 g/mol. The second kappa shape index (κ2) is 7.60. The Morgan fingerprint density at radius 3 is 2.82 bits per heavy atom. The number of likely N-dealkylation sites (tertiary alicyclic amines) is 1. The van der Waals surface area contributed by atoms with Gasteiger partial charge in [-0.1, -0.05) is 6.07 Å². The normalized spacial score (nSPS) is 21.7. The third-order valence-corrected chi connectivity index (χ3v) is 5.77. The fourth-order valence-corrected chi connectivity index (χ4v) is 4.29. The first-order valence-corrected chi connectivity index (χ1v) is 10.1. The number of ether oxygens (including phenoxy) is 1. The van der Waals surface area contributed by atoms with Crippen LogP contribution in [0, 0.1) is 5.92 Å². The van der Waals surface area contributed by atoms with E-state index < -0.39 is 24.1 Å². The van der Waals surface area contributed by atoms with Gasteiger partial charge in [-0.05, 0) is 30.9 Å². The molecule has 1 saturated carbocycles. The third kappa shape index (κ3) is 4.13. The Morgan fingerprint density at radius 1 is 1.21 bits per heavy atom. The number of piperidine rings is 1. The molecule has 1 saturated heterocycles. The van der Waals surface area contributed by atoms with Gasteiger partial charge < -0.3 is 25.3 Å². The summed E-state index contributed by atoms with van der Waals surface area (Å²) in [7, 11) is 0. The van der Waals surface area contributed by atoms with Crippen LogP contribution in [0.15, 0.2) is 36.9 Å². The Kier molecular flexibility index (Phi) is 4.83. The van der Waals surface area contributed by atoms with Gasteiger partial charge in [0.2, 0.25) is 11.8 Å². The number of hydrogen-bond acceptors (Lipinski definition) is 7. The molecular formula is C20H18F3N7O3. The van der Waals surface area contributed by atoms with Crippen molar-refractivity contribution < 1.29 is 27.5 Å². The lowest BCUT2D eigenvalue weighted by atomic mass is 10.1. The standard InChI is InChI=1S/C20H18F3N7O3/c21-20(22,23)33-12-3-1-2-11(6-12)28-19(32)14-5-10-4-13(10)30(14)15(31)7-29-9-27-16-17(24)25-8-26-18(16)29/h1-3,6,8-10,13-14H,4-5,7H2,(H,28,32)(H2,24,25,26)/t10-,13?,14+/m1/s1. The molecule has 3 atom stereocenters. The molecule has 5 rings (SSSR count). The molecule has 10 nitrogen and oxygen atoms in total. The molecule has 0 radical (unpaired) electrons. The van der Waals surface area contributed by atoms with Crippen LogP contribution in [0.25, 0.3) is 11.2 Å². The molecule has 0 spiro atoms. The predicted molar refractivity (Wildman–Crippen MR) is 109 cm³/mol. The minimum Gasteiger partial charge on any atom is -0.406 e. The number of carbonyl (C=O) groups is 2. The molecule has 2 aliphatic rings. The Labute approximate surface area is 184 Å². The van der Waals surface area contributed by atoms with Crippen molar-refractivity contribution >= 4 is 34.5 Å². The Balaban J connectivity index is 1.31. The lowest BCUT2D eigenvalue weighted by Gasteiger charge is -2.27. The fraction of sp³-hybridized carbons (Fsp3) is 0.350. The maximum atomic E-state index is 13.1. The Morgan fingerprint density at radius 2 is 2.03 bits per heavy atom. The molecule has 1 unspecified atom stereocenters. The van der Waals surface area contributed by atoms with Gasteiger partial charge in [-0.2, -0.15) is 0 Å². The molecule has 3 aromatic rings. The van der Waals surface area contributed by atoms with Gasteiger partial charge in [0.1, 0.15) is 30.2 Å². The van der Waals surface area contributed by atoms with Crippen molar-refractivity contribution in [1.29, 1.82) is 0 Å². The van der Waals surface area contributed by atoms with E-state index in [0.717, 1.165) is 18.6 Å². The number of anilines is 2. The van der Waals surface area contributed by atoms with E-state index >= 15 is 0 Å². The summed E-state index contributed by atoms with van der Waals surface area (Å²) < 4.78 is 42.8. The molecule has 2 aromatic heterocycles. The number of amides is 2. The third-order valence-electron chi connectivity index (χ3n) is 5.77. The summed E-state index contributed by atoms with van der Waals surface area (Å²) in [6.45, 7) is -0.0884. The second-order valence-corrected chi connectivity index (χ2v) is 7.98. The van der Waals surface area contributed by atoms with E-state index in [1.165, 1.54) is 24.8 Å². The second-order valence-electron chi connectivity index (χ2n) is 7.98. The van der Waals surface area contributed by atoms with E-state index in [2.05, 4.69) is 25.0 Å². The van der Waals surface area contributed by atoms with Gasteiger partial charge in [-0.3, -0.25) is 9.59 Å². The zero-order valence-corrected chi connectivity index (χ0v) is 17.0. The van der Waals surface area contributed by atoms with Crippen LogP contribution in [-0.2, 0) is 16.1 Å². The van der Waals surface area contributed by atoms with Crippen molar-refractivity contribution in [2.75, 3.05) is 11.1 Å². The number of imidazole rings is 1. The van der Waals surface area contributed by atoms with Crippen molar-refractivity contribution in [3.63, 3.8) is 0 Å². The predicted octanol–water partition coefficient (Wildman–Crippen LogP) is 1.94. The molecule has 1 aliphatic carbocycles. The zero-order chi connectivity index (χ0) is 23.3. The van der Waals surface area contributed by atoms with Crippen LogP contribution < -0.4 is 15.8 Å². The number of halogens is 3. The van der Waals surface area contributed by atoms with Gasteiger partial charge in [0, 0.05) is 17.8 Å². The lowest BCUT2D eigenvalue weighted by Crippen LogP contribution is -2.46. The van der Waals surface area contributed by atoms with Gasteiger partial charge in [-0.15, -0.1) is 13.2 Å². The number of nitrogens with zero attached hydrogens (tertiary/aromatic N) is 5. The molecule has 2 fully saturated rings. The summed E-state index contributed by atoms with van der Waals surface area (Å²) >= 11 is 0. The topological polar surface area (TPSA) is 128 Å². The SMILES string of the molecule is Nc1ncnc2c1ncn2CC(=O)N1C2C[C@@H]2C[C@H]1C(=O)Nc1cccc(OC(F)(F)F)c1. The zero-order valence-electron chi connectivity index (χ0n) is 17.0. The number of nitrogens with two attached hydrogens (primary N) is 1. The van der Waals surface area contributed by atoms with E-state index in [0.29, 0.717) is 17.6 Å². The number of hydrogen-bond donors (Lipinski definition) is 2. The molecule has 172 valence electrons. The molecule has 1 aliphatic heterocycles. The highest BCUT2D eigenvalue weighted by molar-refractivity contribution is 5.98. The van der Waals surface area contributed by atoms with Crippen LogP contribution in [0.2, 0.25) is 0 Å². The number of carbonyl (C=O) groups excluding carboxylic acids is 2. The Bertz CT molecular complexity index is 1250. The fourth-order valence-electron chi connectivity index (χ4n) is 4.29. The van der Waals surface area contributed by atoms with E-state index in [-0.39, 0.29) is 35.9 Å². The van der Waals surface area contributed by atoms with Gasteiger partial charge in [0.25, 0.3) is 0 Å². The molecule has 3 N–H and O–H groups in total. The molecule has 13 heteroatoms. The summed E-state index contributed by atoms with van der Waals surface area (Å²) in [6.07, 6.45) is -0.827. The monoisotopic (exact) mass is 461 g/mol. The van der Waals surface area contributed by atoms with Crippen LogP contribution in [0.4, 0.5) is 24.7 Å². The van der Waals surface area contributed by atoms with Gasteiger partial charge in [-0.25, -0.2) is 15.0 Å². The lowest BCUT2D eigenvalue weighted by molar-refractivity contribution is -0.274. The molecular weight excluding hydrogens is 443 g/mol. The highest BCUT2D eigenvalue weighted by atomic mass is 19.4. The molecule has 0 bridgehead atoms. The highest BCUT2D eigenvalue weighted by Gasteiger charge is 2.56. The number of fused-ring (bicyclic) bond motifs is 2. The number of nitrogens with one attached hydrogen (secondary N) is 1. The molecule has 3 heterocycles. The van der Waals surface area contributed by atoms with Crippen molar-refractivity contribution in [1.82, 2.24) is 24.4 Å². The number of aromatic nitrogens is 4. The van der Waals surface area contributed by atoms with Gasteiger partial charge in [0.15, 0.2) is 11.5 Å². The maximum Gasteiger partial charge on any atom is 0.573 e. The molecule has 1 aromatic carbocycles. The van der Waals surface area contributed by atoms with Crippen LogP contribution in [0.5, 0.6) is 5.75 Å². The average Bonchev–Trinajstić information content (AvgIpc) is 3.20. The molecule has 2 amide bonds. The number of alkyl halides is 3. The quantitative estimate of drug-likeness (QED) is 0.594. The summed E-state index contributed by atoms with van der Waals surface area (Å²) in [5, 5.41) is 2.60. The van der Waals surface area contributed by atoms with E-state index in [1.54, 1.807) is 9.47 Å². The van der Waals surface area contributed by atoms with Crippen LogP contribution in [0.1, 0.15) is 12.8 Å². The van der Waals surface area contributed by atoms with E-state index in [1.807, 2.05) is 0 Å². The van der Waals surface area contributed by atoms with Crippen molar-refractivity contribution in [2.24, 2.45) is 5.92 Å². The van der Waals surface area contributed by atoms with Crippen LogP contribution in [0.3, 0.4) is 0 Å². The van der Waals surface area contributed by atoms with E-state index in [4.69, 9.17) is 5.73 Å². The maximum absolute atomic E-state index is 13.1. The summed E-state index contributed by atoms with van der Waals surface area (Å²) in [6, 6.07) is 4.23. The van der Waals surface area contributed by atoms with Crippen molar-refractivity contribution in [3.05, 3.63) is 36.9 Å². The smallest absolute Gasteiger partial charge is 0.406 e.